The highest BCUT2D eigenvalue weighted by Gasteiger charge is 2.23. The molecule has 0 unspecified atom stereocenters. The summed E-state index contributed by atoms with van der Waals surface area (Å²) in [5.74, 6) is 0. The van der Waals surface area contributed by atoms with E-state index in [1.54, 1.807) is 0 Å². The van der Waals surface area contributed by atoms with Crippen molar-refractivity contribution in [2.75, 3.05) is 24.5 Å². The number of hydrogen-bond donors (Lipinski definition) is 2. The van der Waals surface area contributed by atoms with Crippen molar-refractivity contribution in [2.45, 2.75) is 18.9 Å². The molecule has 26 heavy (non-hydrogen) atoms. The summed E-state index contributed by atoms with van der Waals surface area (Å²) in [4.78, 5) is 19.0. The molecule has 1 saturated heterocycles. The summed E-state index contributed by atoms with van der Waals surface area (Å²) in [7, 11) is 0. The lowest BCUT2D eigenvalue weighted by Gasteiger charge is -2.19. The lowest BCUT2D eigenvalue weighted by atomic mass is 10.3. The average Bonchev–Trinajstić information content (AvgIpc) is 3.29. The zero-order valence-electron chi connectivity index (χ0n) is 14.6. The van der Waals surface area contributed by atoms with Gasteiger partial charge in [0, 0.05) is 50.2 Å². The van der Waals surface area contributed by atoms with Gasteiger partial charge < -0.3 is 19.9 Å². The van der Waals surface area contributed by atoms with Crippen LogP contribution in [-0.4, -0.2) is 41.1 Å². The number of aromatic nitrogens is 2. The number of pyridine rings is 1. The first-order valence-electron chi connectivity index (χ1n) is 9.05. The summed E-state index contributed by atoms with van der Waals surface area (Å²) in [5, 5.41) is 6.01. The summed E-state index contributed by atoms with van der Waals surface area (Å²) >= 11 is 0. The molecule has 6 heteroatoms. The minimum Gasteiger partial charge on any atom is -0.369 e. The third-order valence-electron chi connectivity index (χ3n) is 4.73. The molecule has 134 valence electrons. The number of para-hydroxylation sites is 1. The molecule has 4 rings (SSSR count). The van der Waals surface area contributed by atoms with Gasteiger partial charge in [0.05, 0.1) is 5.69 Å². The van der Waals surface area contributed by atoms with Crippen LogP contribution in [0.4, 0.5) is 10.5 Å². The van der Waals surface area contributed by atoms with E-state index >= 15 is 0 Å². The number of nitrogens with zero attached hydrogens (tertiary/aromatic N) is 3. The fraction of sp³-hybridized carbons (Fsp3) is 0.300. The van der Waals surface area contributed by atoms with E-state index in [1.165, 1.54) is 5.69 Å². The normalized spacial score (nSPS) is 16.8. The van der Waals surface area contributed by atoms with Gasteiger partial charge in [-0.05, 0) is 30.7 Å². The van der Waals surface area contributed by atoms with Crippen molar-refractivity contribution in [1.29, 1.82) is 0 Å². The summed E-state index contributed by atoms with van der Waals surface area (Å²) < 4.78 is 1.99. The molecule has 0 saturated carbocycles. The van der Waals surface area contributed by atoms with Gasteiger partial charge in [0.1, 0.15) is 5.65 Å². The molecule has 1 atom stereocenters. The van der Waals surface area contributed by atoms with Crippen LogP contribution >= 0.6 is 0 Å². The lowest BCUT2D eigenvalue weighted by molar-refractivity contribution is 0.238. The van der Waals surface area contributed by atoms with Gasteiger partial charge in [-0.15, -0.1) is 0 Å². The molecular weight excluding hydrogens is 326 g/mol. The Balaban J connectivity index is 1.22. The molecule has 3 aromatic rings. The number of benzene rings is 1. The van der Waals surface area contributed by atoms with E-state index in [2.05, 4.69) is 32.7 Å². The van der Waals surface area contributed by atoms with E-state index in [9.17, 15) is 4.79 Å². The summed E-state index contributed by atoms with van der Waals surface area (Å²) in [6.07, 6.45) is 5.67. The molecule has 3 heterocycles. The minimum absolute atomic E-state index is 0.103. The van der Waals surface area contributed by atoms with Crippen molar-refractivity contribution >= 4 is 17.4 Å². The summed E-state index contributed by atoms with van der Waals surface area (Å²) in [6, 6.07) is 16.3. The molecule has 6 nitrogen and oxygen atoms in total. The van der Waals surface area contributed by atoms with E-state index in [4.69, 9.17) is 0 Å². The van der Waals surface area contributed by atoms with E-state index < -0.39 is 0 Å². The third kappa shape index (κ3) is 3.79. The molecule has 0 radical (unpaired) electrons. The number of amides is 2. The van der Waals surface area contributed by atoms with Gasteiger partial charge >= 0.3 is 6.03 Å². The monoisotopic (exact) mass is 349 g/mol. The predicted octanol–water partition coefficient (Wildman–Crippen LogP) is 2.45. The van der Waals surface area contributed by atoms with Gasteiger partial charge in [-0.3, -0.25) is 0 Å². The highest BCUT2D eigenvalue weighted by molar-refractivity contribution is 5.74. The number of carbonyl (C=O) groups excluding carboxylic acids is 1. The van der Waals surface area contributed by atoms with Crippen LogP contribution in [0.5, 0.6) is 0 Å². The Morgan fingerprint density at radius 3 is 2.85 bits per heavy atom. The first-order valence-corrected chi connectivity index (χ1v) is 9.05. The molecule has 1 aliphatic heterocycles. The molecular formula is C20H23N5O. The van der Waals surface area contributed by atoms with Gasteiger partial charge in [0.2, 0.25) is 0 Å². The highest BCUT2D eigenvalue weighted by atomic mass is 16.2. The van der Waals surface area contributed by atoms with Crippen molar-refractivity contribution in [2.24, 2.45) is 0 Å². The zero-order valence-corrected chi connectivity index (χ0v) is 14.6. The van der Waals surface area contributed by atoms with Crippen LogP contribution in [0.25, 0.3) is 5.65 Å². The summed E-state index contributed by atoms with van der Waals surface area (Å²) in [5.41, 5.74) is 3.12. The second kappa shape index (κ2) is 7.47. The quantitative estimate of drug-likeness (QED) is 0.744. The maximum atomic E-state index is 12.1. The second-order valence-corrected chi connectivity index (χ2v) is 6.62. The van der Waals surface area contributed by atoms with E-state index in [0.29, 0.717) is 6.54 Å². The van der Waals surface area contributed by atoms with E-state index in [0.717, 1.165) is 37.3 Å². The minimum atomic E-state index is -0.103. The van der Waals surface area contributed by atoms with Crippen molar-refractivity contribution in [3.8, 4) is 0 Å². The second-order valence-electron chi connectivity index (χ2n) is 6.62. The zero-order chi connectivity index (χ0) is 17.8. The lowest BCUT2D eigenvalue weighted by Crippen LogP contribution is -2.43. The molecule has 1 aliphatic rings. The molecule has 2 amide bonds. The molecule has 1 fully saturated rings. The molecule has 0 aliphatic carbocycles. The smallest absolute Gasteiger partial charge is 0.315 e. The third-order valence-corrected chi connectivity index (χ3v) is 4.73. The number of anilines is 1. The van der Waals surface area contributed by atoms with Crippen molar-refractivity contribution in [3.63, 3.8) is 0 Å². The van der Waals surface area contributed by atoms with Crippen LogP contribution in [0.1, 0.15) is 12.1 Å². The number of hydrogen-bond acceptors (Lipinski definition) is 3. The fourth-order valence-electron chi connectivity index (χ4n) is 3.40. The molecule has 2 aromatic heterocycles. The van der Waals surface area contributed by atoms with Crippen LogP contribution in [0.15, 0.2) is 60.9 Å². The first kappa shape index (κ1) is 16.4. The van der Waals surface area contributed by atoms with Gasteiger partial charge in [0.15, 0.2) is 0 Å². The van der Waals surface area contributed by atoms with Crippen LogP contribution in [0.3, 0.4) is 0 Å². The fourth-order valence-corrected chi connectivity index (χ4v) is 3.40. The highest BCUT2D eigenvalue weighted by Crippen LogP contribution is 2.19. The van der Waals surface area contributed by atoms with Crippen molar-refractivity contribution < 1.29 is 4.79 Å². The molecule has 1 aromatic carbocycles. The maximum Gasteiger partial charge on any atom is 0.315 e. The van der Waals surface area contributed by atoms with E-state index in [1.807, 2.05) is 53.2 Å². The van der Waals surface area contributed by atoms with Crippen molar-refractivity contribution in [3.05, 3.63) is 66.6 Å². The average molecular weight is 349 g/mol. The Labute approximate surface area is 152 Å². The molecule has 0 bridgehead atoms. The standard InChI is InChI=1S/C20H23N5O/c26-20(21-11-9-16-15-25-12-5-4-8-19(25)22-16)23-17-10-13-24(14-17)18-6-2-1-3-7-18/h1-8,12,15,17H,9-11,13-14H2,(H2,21,23,26)/t17-/m1/s1. The molecule has 0 spiro atoms. The maximum absolute atomic E-state index is 12.1. The first-order chi connectivity index (χ1) is 12.8. The number of urea groups is 1. The Morgan fingerprint density at radius 1 is 1.15 bits per heavy atom. The Hall–Kier alpha value is -3.02. The topological polar surface area (TPSA) is 61.7 Å². The van der Waals surface area contributed by atoms with Gasteiger partial charge in [-0.1, -0.05) is 24.3 Å². The largest absolute Gasteiger partial charge is 0.369 e. The predicted molar refractivity (Wildman–Crippen MR) is 102 cm³/mol. The van der Waals surface area contributed by atoms with E-state index in [-0.39, 0.29) is 12.1 Å². The summed E-state index contributed by atoms with van der Waals surface area (Å²) in [6.45, 7) is 2.39. The SMILES string of the molecule is O=C(NCCc1cn2ccccc2n1)N[C@@H]1CCN(c2ccccc2)C1. The van der Waals surface area contributed by atoms with Crippen molar-refractivity contribution in [1.82, 2.24) is 20.0 Å². The number of fused-ring (bicyclic) bond motifs is 1. The molecule has 2 N–H and O–H groups in total. The Bertz CT molecular complexity index is 843. The number of imidazole rings is 1. The van der Waals surface area contributed by atoms with Crippen LogP contribution in [-0.2, 0) is 6.42 Å². The van der Waals surface area contributed by atoms with Crippen LogP contribution < -0.4 is 15.5 Å². The van der Waals surface area contributed by atoms with Gasteiger partial charge in [-0.25, -0.2) is 9.78 Å². The number of carbonyl (C=O) groups is 1. The number of rotatable bonds is 5. The van der Waals surface area contributed by atoms with Gasteiger partial charge in [0.25, 0.3) is 0 Å². The van der Waals surface area contributed by atoms with Crippen LogP contribution in [0, 0.1) is 0 Å². The van der Waals surface area contributed by atoms with Crippen LogP contribution in [0.2, 0.25) is 0 Å². The van der Waals surface area contributed by atoms with Gasteiger partial charge in [-0.2, -0.15) is 0 Å². The Morgan fingerprint density at radius 2 is 2.00 bits per heavy atom. The Kier molecular flexibility index (Phi) is 4.73. The number of nitrogens with one attached hydrogen (secondary N) is 2.